The molecule has 0 saturated carbocycles. The quantitative estimate of drug-likeness (QED) is 0.916. The average Bonchev–Trinajstić information content (AvgIpc) is 2.37. The minimum atomic E-state index is -1.33. The fraction of sp³-hybridized carbons (Fsp3) is 0.375. The summed E-state index contributed by atoms with van der Waals surface area (Å²) in [5.41, 5.74) is 0.271. The molecule has 2 aromatic rings. The maximum absolute atomic E-state index is 13.9. The molecule has 0 aliphatic heterocycles. The summed E-state index contributed by atoms with van der Waals surface area (Å²) in [6.07, 6.45) is 1.48. The molecule has 0 fully saturated rings. The second kappa shape index (κ2) is 5.39. The van der Waals surface area contributed by atoms with Crippen molar-refractivity contribution < 1.29 is 14.3 Å². The van der Waals surface area contributed by atoms with E-state index in [4.69, 9.17) is 11.6 Å². The Morgan fingerprint density at radius 3 is 2.50 bits per heavy atom. The zero-order valence-corrected chi connectivity index (χ0v) is 13.6. The van der Waals surface area contributed by atoms with E-state index in [0.29, 0.717) is 23.1 Å². The summed E-state index contributed by atoms with van der Waals surface area (Å²) in [7, 11) is 0. The van der Waals surface area contributed by atoms with Crippen molar-refractivity contribution in [1.82, 2.24) is 4.40 Å². The molecule has 1 N–H and O–H groups in total. The molecule has 0 spiro atoms. The van der Waals surface area contributed by atoms with E-state index in [2.05, 4.69) is 0 Å². The third-order valence-electron chi connectivity index (χ3n) is 3.40. The molecule has 6 heteroatoms. The van der Waals surface area contributed by atoms with E-state index < -0.39 is 17.3 Å². The van der Waals surface area contributed by atoms with Crippen molar-refractivity contribution in [2.24, 2.45) is 5.41 Å². The zero-order chi connectivity index (χ0) is 16.8. The van der Waals surface area contributed by atoms with Gasteiger partial charge in [-0.2, -0.15) is 0 Å². The van der Waals surface area contributed by atoms with Crippen molar-refractivity contribution >= 4 is 23.1 Å². The van der Waals surface area contributed by atoms with Crippen molar-refractivity contribution in [1.29, 1.82) is 0 Å². The highest BCUT2D eigenvalue weighted by Gasteiger charge is 2.22. The first-order valence-electron chi connectivity index (χ1n) is 6.79. The van der Waals surface area contributed by atoms with Crippen molar-refractivity contribution in [3.8, 4) is 0 Å². The van der Waals surface area contributed by atoms with Crippen LogP contribution in [0.3, 0.4) is 0 Å². The molecule has 0 unspecified atom stereocenters. The van der Waals surface area contributed by atoms with E-state index in [0.717, 1.165) is 10.6 Å². The standard InChI is InChI=1S/C16H17ClFNO3/c1-8-12(17)11(18)7-19-13(8)9(6-16(2,3)4)5-10(14(19)20)15(21)22/h5,7H,6H2,1-4H3,(H,21,22). The molecule has 2 aromatic heterocycles. The number of aromatic nitrogens is 1. The zero-order valence-electron chi connectivity index (χ0n) is 12.8. The van der Waals surface area contributed by atoms with Gasteiger partial charge in [-0.1, -0.05) is 32.4 Å². The number of fused-ring (bicyclic) bond motifs is 1. The van der Waals surface area contributed by atoms with Gasteiger partial charge in [0.2, 0.25) is 0 Å². The van der Waals surface area contributed by atoms with Gasteiger partial charge in [-0.25, -0.2) is 9.18 Å². The Morgan fingerprint density at radius 1 is 1.41 bits per heavy atom. The van der Waals surface area contributed by atoms with Crippen LogP contribution in [0.1, 0.15) is 42.3 Å². The van der Waals surface area contributed by atoms with Gasteiger partial charge in [0.05, 0.1) is 10.5 Å². The van der Waals surface area contributed by atoms with Gasteiger partial charge in [0.15, 0.2) is 5.82 Å². The summed E-state index contributed by atoms with van der Waals surface area (Å²) < 4.78 is 14.9. The molecule has 4 nitrogen and oxygen atoms in total. The predicted octanol–water partition coefficient (Wildman–Crippen LogP) is 3.69. The van der Waals surface area contributed by atoms with E-state index in [1.165, 1.54) is 6.07 Å². The van der Waals surface area contributed by atoms with Gasteiger partial charge < -0.3 is 5.11 Å². The number of carbonyl (C=O) groups is 1. The fourth-order valence-electron chi connectivity index (χ4n) is 2.55. The van der Waals surface area contributed by atoms with Crippen LogP contribution in [0.25, 0.3) is 5.52 Å². The molecule has 0 atom stereocenters. The van der Waals surface area contributed by atoms with E-state index in [-0.39, 0.29) is 16.0 Å². The molecule has 0 bridgehead atoms. The molecule has 0 aromatic carbocycles. The molecule has 2 heterocycles. The largest absolute Gasteiger partial charge is 0.477 e. The van der Waals surface area contributed by atoms with Gasteiger partial charge in [0.1, 0.15) is 5.56 Å². The van der Waals surface area contributed by atoms with Gasteiger partial charge in [0.25, 0.3) is 5.56 Å². The number of aryl methyl sites for hydroxylation is 1. The number of hydrogen-bond donors (Lipinski definition) is 1. The third kappa shape index (κ3) is 2.86. The molecule has 118 valence electrons. The number of rotatable bonds is 2. The van der Waals surface area contributed by atoms with Gasteiger partial charge >= 0.3 is 5.97 Å². The second-order valence-electron chi connectivity index (χ2n) is 6.57. The molecule has 0 aliphatic carbocycles. The Kier molecular flexibility index (Phi) is 4.04. The van der Waals surface area contributed by atoms with Crippen LogP contribution in [0.15, 0.2) is 17.1 Å². The van der Waals surface area contributed by atoms with Crippen LogP contribution in [-0.4, -0.2) is 15.5 Å². The number of pyridine rings is 2. The summed E-state index contributed by atoms with van der Waals surface area (Å²) in [5, 5.41) is 9.15. The van der Waals surface area contributed by atoms with Crippen LogP contribution in [0.4, 0.5) is 4.39 Å². The highest BCUT2D eigenvalue weighted by molar-refractivity contribution is 6.32. The Balaban J connectivity index is 2.99. The van der Waals surface area contributed by atoms with Gasteiger partial charge in [-0.3, -0.25) is 9.20 Å². The van der Waals surface area contributed by atoms with Crippen molar-refractivity contribution in [3.63, 3.8) is 0 Å². The molecular weight excluding hydrogens is 309 g/mol. The van der Waals surface area contributed by atoms with Crippen LogP contribution >= 0.6 is 11.6 Å². The topological polar surface area (TPSA) is 58.8 Å². The first-order chi connectivity index (χ1) is 10.0. The van der Waals surface area contributed by atoms with Crippen LogP contribution in [-0.2, 0) is 6.42 Å². The van der Waals surface area contributed by atoms with E-state index in [1.54, 1.807) is 6.92 Å². The SMILES string of the molecule is Cc1c(Cl)c(F)cn2c(=O)c(C(=O)O)cc(CC(C)(C)C)c12. The van der Waals surface area contributed by atoms with Gasteiger partial charge in [-0.15, -0.1) is 0 Å². The van der Waals surface area contributed by atoms with Crippen molar-refractivity contribution in [2.45, 2.75) is 34.1 Å². The lowest BCUT2D eigenvalue weighted by Gasteiger charge is -2.21. The number of carboxylic acids is 1. The summed E-state index contributed by atoms with van der Waals surface area (Å²) in [6, 6.07) is 1.37. The molecule has 0 aliphatic rings. The molecular formula is C16H17ClFNO3. The highest BCUT2D eigenvalue weighted by Crippen LogP contribution is 2.29. The highest BCUT2D eigenvalue weighted by atomic mass is 35.5. The van der Waals surface area contributed by atoms with Crippen LogP contribution in [0, 0.1) is 18.2 Å². The van der Waals surface area contributed by atoms with Gasteiger partial charge in [-0.05, 0) is 36.0 Å². The fourth-order valence-corrected chi connectivity index (χ4v) is 2.69. The number of aromatic carboxylic acids is 1. The lowest BCUT2D eigenvalue weighted by molar-refractivity contribution is 0.0694. The summed E-state index contributed by atoms with van der Waals surface area (Å²) in [6.45, 7) is 7.60. The molecule has 2 rings (SSSR count). The molecule has 0 radical (unpaired) electrons. The number of hydrogen-bond acceptors (Lipinski definition) is 2. The Morgan fingerprint density at radius 2 is 2.00 bits per heavy atom. The van der Waals surface area contributed by atoms with Crippen molar-refractivity contribution in [2.75, 3.05) is 0 Å². The second-order valence-corrected chi connectivity index (χ2v) is 6.94. The lowest BCUT2D eigenvalue weighted by atomic mass is 9.87. The van der Waals surface area contributed by atoms with Gasteiger partial charge in [0, 0.05) is 6.20 Å². The number of halogens is 2. The Hall–Kier alpha value is -1.88. The normalized spacial score (nSPS) is 11.9. The first kappa shape index (κ1) is 16.5. The number of nitrogens with zero attached hydrogens (tertiary/aromatic N) is 1. The summed E-state index contributed by atoms with van der Waals surface area (Å²) in [4.78, 5) is 23.6. The monoisotopic (exact) mass is 325 g/mol. The van der Waals surface area contributed by atoms with Crippen LogP contribution in [0.2, 0.25) is 5.02 Å². The van der Waals surface area contributed by atoms with Crippen LogP contribution < -0.4 is 5.56 Å². The predicted molar refractivity (Wildman–Crippen MR) is 83.5 cm³/mol. The minimum Gasteiger partial charge on any atom is -0.477 e. The molecule has 0 saturated heterocycles. The van der Waals surface area contributed by atoms with E-state index >= 15 is 0 Å². The van der Waals surface area contributed by atoms with Crippen molar-refractivity contribution in [3.05, 3.63) is 50.1 Å². The maximum Gasteiger partial charge on any atom is 0.341 e. The number of carboxylic acid groups (broad SMARTS) is 1. The Bertz CT molecular complexity index is 834. The Labute approximate surface area is 132 Å². The summed E-state index contributed by atoms with van der Waals surface area (Å²) in [5.74, 6) is -2.08. The third-order valence-corrected chi connectivity index (χ3v) is 3.86. The first-order valence-corrected chi connectivity index (χ1v) is 7.17. The van der Waals surface area contributed by atoms with E-state index in [1.807, 2.05) is 20.8 Å². The maximum atomic E-state index is 13.9. The summed E-state index contributed by atoms with van der Waals surface area (Å²) >= 11 is 5.95. The smallest absolute Gasteiger partial charge is 0.341 e. The van der Waals surface area contributed by atoms with E-state index in [9.17, 15) is 19.1 Å². The minimum absolute atomic E-state index is 0.0577. The lowest BCUT2D eigenvalue weighted by Crippen LogP contribution is -2.25. The molecule has 22 heavy (non-hydrogen) atoms. The average molecular weight is 326 g/mol. The van der Waals surface area contributed by atoms with Crippen LogP contribution in [0.5, 0.6) is 0 Å². The molecule has 0 amide bonds.